The van der Waals surface area contributed by atoms with E-state index in [2.05, 4.69) is 0 Å². The van der Waals surface area contributed by atoms with Gasteiger partial charge in [0.1, 0.15) is 6.61 Å². The van der Waals surface area contributed by atoms with Crippen LogP contribution in [0, 0.1) is 17.6 Å². The third-order valence-electron chi connectivity index (χ3n) is 2.83. The first-order chi connectivity index (χ1) is 8.20. The Morgan fingerprint density at radius 1 is 1.29 bits per heavy atom. The van der Waals surface area contributed by atoms with E-state index in [-0.39, 0.29) is 24.9 Å². The lowest BCUT2D eigenvalue weighted by atomic mass is 10.0. The van der Waals surface area contributed by atoms with Gasteiger partial charge in [0.25, 0.3) is 0 Å². The summed E-state index contributed by atoms with van der Waals surface area (Å²) in [4.78, 5) is 2.02. The highest BCUT2D eigenvalue weighted by molar-refractivity contribution is 5.24. The van der Waals surface area contributed by atoms with Crippen molar-refractivity contribution in [2.75, 3.05) is 32.9 Å². The van der Waals surface area contributed by atoms with Crippen molar-refractivity contribution in [3.63, 3.8) is 0 Å². The van der Waals surface area contributed by atoms with Gasteiger partial charge < -0.3 is 4.74 Å². The minimum absolute atomic E-state index is 0.0763. The second-order valence-corrected chi connectivity index (χ2v) is 4.18. The topological polar surface area (TPSA) is 12.5 Å². The standard InChI is InChI=1S/C12H14F3NO/c13-6-9-7-16(8-9)4-5-17-11-3-1-2-10(14)12(11)15/h1-3,9H,4-8H2. The Labute approximate surface area is 98.0 Å². The number of alkyl halides is 1. The number of hydrogen-bond donors (Lipinski definition) is 0. The van der Waals surface area contributed by atoms with E-state index >= 15 is 0 Å². The second-order valence-electron chi connectivity index (χ2n) is 4.18. The normalized spacial score (nSPS) is 16.9. The molecule has 0 bridgehead atoms. The molecule has 1 heterocycles. The number of rotatable bonds is 5. The molecule has 1 aromatic carbocycles. The number of likely N-dealkylation sites (tertiary alicyclic amines) is 1. The maximum absolute atomic E-state index is 13.2. The van der Waals surface area contributed by atoms with E-state index in [1.54, 1.807) is 0 Å². The van der Waals surface area contributed by atoms with E-state index in [0.29, 0.717) is 19.6 Å². The molecule has 0 unspecified atom stereocenters. The highest BCUT2D eigenvalue weighted by Crippen LogP contribution is 2.20. The lowest BCUT2D eigenvalue weighted by Gasteiger charge is -2.37. The number of halogens is 3. The average Bonchev–Trinajstić information content (AvgIpc) is 2.27. The number of hydrogen-bond acceptors (Lipinski definition) is 2. The van der Waals surface area contributed by atoms with Gasteiger partial charge in [-0.1, -0.05) is 6.07 Å². The van der Waals surface area contributed by atoms with Crippen LogP contribution in [-0.2, 0) is 0 Å². The molecular formula is C12H14F3NO. The van der Waals surface area contributed by atoms with Gasteiger partial charge in [0.15, 0.2) is 11.6 Å². The van der Waals surface area contributed by atoms with Gasteiger partial charge in [-0.25, -0.2) is 4.39 Å². The van der Waals surface area contributed by atoms with Crippen molar-refractivity contribution in [3.05, 3.63) is 29.8 Å². The first kappa shape index (κ1) is 12.2. The summed E-state index contributed by atoms with van der Waals surface area (Å²) in [5, 5.41) is 0. The molecule has 0 atom stereocenters. The zero-order valence-electron chi connectivity index (χ0n) is 9.33. The van der Waals surface area contributed by atoms with Gasteiger partial charge in [-0.05, 0) is 12.1 Å². The maximum Gasteiger partial charge on any atom is 0.200 e. The van der Waals surface area contributed by atoms with E-state index in [4.69, 9.17) is 4.74 Å². The van der Waals surface area contributed by atoms with Gasteiger partial charge in [0.05, 0.1) is 6.67 Å². The Kier molecular flexibility index (Phi) is 3.89. The summed E-state index contributed by atoms with van der Waals surface area (Å²) < 4.78 is 43.3. The molecule has 1 aliphatic rings. The molecule has 0 radical (unpaired) electrons. The van der Waals surface area contributed by atoms with Gasteiger partial charge in [0.2, 0.25) is 5.82 Å². The summed E-state index contributed by atoms with van der Waals surface area (Å²) >= 11 is 0. The Morgan fingerprint density at radius 2 is 2.06 bits per heavy atom. The Bertz CT molecular complexity index is 380. The minimum atomic E-state index is -0.960. The molecule has 1 fully saturated rings. The largest absolute Gasteiger partial charge is 0.489 e. The van der Waals surface area contributed by atoms with Crippen LogP contribution >= 0.6 is 0 Å². The van der Waals surface area contributed by atoms with Crippen LogP contribution in [0.5, 0.6) is 5.75 Å². The fourth-order valence-electron chi connectivity index (χ4n) is 1.84. The molecule has 1 aromatic rings. The monoisotopic (exact) mass is 245 g/mol. The molecule has 1 saturated heterocycles. The highest BCUT2D eigenvalue weighted by atomic mass is 19.2. The van der Waals surface area contributed by atoms with E-state index in [1.807, 2.05) is 4.90 Å². The molecule has 0 aliphatic carbocycles. The quantitative estimate of drug-likeness (QED) is 0.789. The average molecular weight is 245 g/mol. The van der Waals surface area contributed by atoms with E-state index in [1.165, 1.54) is 12.1 Å². The van der Waals surface area contributed by atoms with Crippen LogP contribution in [0.4, 0.5) is 13.2 Å². The van der Waals surface area contributed by atoms with Gasteiger partial charge >= 0.3 is 0 Å². The van der Waals surface area contributed by atoms with Crippen molar-refractivity contribution in [1.82, 2.24) is 4.90 Å². The van der Waals surface area contributed by atoms with Crippen LogP contribution in [0.1, 0.15) is 0 Å². The molecule has 0 N–H and O–H groups in total. The molecule has 0 aromatic heterocycles. The van der Waals surface area contributed by atoms with Crippen LogP contribution in [0.3, 0.4) is 0 Å². The van der Waals surface area contributed by atoms with Gasteiger partial charge in [0, 0.05) is 25.6 Å². The van der Waals surface area contributed by atoms with Crippen molar-refractivity contribution in [3.8, 4) is 5.75 Å². The molecule has 2 nitrogen and oxygen atoms in total. The lowest BCUT2D eigenvalue weighted by Crippen LogP contribution is -2.49. The first-order valence-electron chi connectivity index (χ1n) is 5.56. The molecule has 0 amide bonds. The maximum atomic E-state index is 13.2. The predicted octanol–water partition coefficient (Wildman–Crippen LogP) is 2.24. The smallest absolute Gasteiger partial charge is 0.200 e. The van der Waals surface area contributed by atoms with Gasteiger partial charge in [-0.2, -0.15) is 4.39 Å². The fourth-order valence-corrected chi connectivity index (χ4v) is 1.84. The van der Waals surface area contributed by atoms with Crippen molar-refractivity contribution in [2.45, 2.75) is 0 Å². The molecule has 2 rings (SSSR count). The zero-order valence-corrected chi connectivity index (χ0v) is 9.33. The molecule has 0 spiro atoms. The molecular weight excluding hydrogens is 231 g/mol. The fraction of sp³-hybridized carbons (Fsp3) is 0.500. The number of benzene rings is 1. The summed E-state index contributed by atoms with van der Waals surface area (Å²) in [6.45, 7) is 2.01. The molecule has 5 heteroatoms. The number of ether oxygens (including phenoxy) is 1. The molecule has 17 heavy (non-hydrogen) atoms. The van der Waals surface area contributed by atoms with E-state index in [0.717, 1.165) is 6.07 Å². The summed E-state index contributed by atoms with van der Waals surface area (Å²) in [6, 6.07) is 3.83. The van der Waals surface area contributed by atoms with Crippen LogP contribution in [0.25, 0.3) is 0 Å². The molecule has 0 saturated carbocycles. The van der Waals surface area contributed by atoms with Crippen molar-refractivity contribution < 1.29 is 17.9 Å². The van der Waals surface area contributed by atoms with Crippen LogP contribution in [-0.4, -0.2) is 37.8 Å². The highest BCUT2D eigenvalue weighted by Gasteiger charge is 2.25. The van der Waals surface area contributed by atoms with E-state index in [9.17, 15) is 13.2 Å². The van der Waals surface area contributed by atoms with Gasteiger partial charge in [-0.3, -0.25) is 9.29 Å². The van der Waals surface area contributed by atoms with Crippen LogP contribution in [0.15, 0.2) is 18.2 Å². The lowest BCUT2D eigenvalue weighted by molar-refractivity contribution is 0.0661. The first-order valence-corrected chi connectivity index (χ1v) is 5.56. The van der Waals surface area contributed by atoms with E-state index < -0.39 is 11.6 Å². The third kappa shape index (κ3) is 2.91. The Hall–Kier alpha value is -1.23. The third-order valence-corrected chi connectivity index (χ3v) is 2.83. The van der Waals surface area contributed by atoms with Crippen molar-refractivity contribution in [2.24, 2.45) is 5.92 Å². The SMILES string of the molecule is FCC1CN(CCOc2cccc(F)c2F)C1. The van der Waals surface area contributed by atoms with Crippen molar-refractivity contribution in [1.29, 1.82) is 0 Å². The Balaban J connectivity index is 1.74. The predicted molar refractivity (Wildman–Crippen MR) is 57.8 cm³/mol. The minimum Gasteiger partial charge on any atom is -0.489 e. The second kappa shape index (κ2) is 5.40. The summed E-state index contributed by atoms with van der Waals surface area (Å²) in [5.74, 6) is -1.82. The zero-order chi connectivity index (χ0) is 12.3. The number of nitrogens with zero attached hydrogens (tertiary/aromatic N) is 1. The summed E-state index contributed by atoms with van der Waals surface area (Å²) in [5.41, 5.74) is 0. The summed E-state index contributed by atoms with van der Waals surface area (Å²) in [6.07, 6.45) is 0. The van der Waals surface area contributed by atoms with Crippen LogP contribution in [0.2, 0.25) is 0 Å². The van der Waals surface area contributed by atoms with Crippen molar-refractivity contribution >= 4 is 0 Å². The van der Waals surface area contributed by atoms with Gasteiger partial charge in [-0.15, -0.1) is 0 Å². The van der Waals surface area contributed by atoms with Crippen LogP contribution < -0.4 is 4.74 Å². The molecule has 94 valence electrons. The summed E-state index contributed by atoms with van der Waals surface area (Å²) in [7, 11) is 0. The Morgan fingerprint density at radius 3 is 2.76 bits per heavy atom. The molecule has 1 aliphatic heterocycles.